The van der Waals surface area contributed by atoms with E-state index in [2.05, 4.69) is 14.9 Å². The molecule has 0 saturated carbocycles. The molecule has 5 rings (SSSR count). The summed E-state index contributed by atoms with van der Waals surface area (Å²) in [6.45, 7) is 3.27. The molecule has 1 unspecified atom stereocenters. The minimum Gasteiger partial charge on any atom is -0.492 e. The van der Waals surface area contributed by atoms with E-state index in [0.717, 1.165) is 30.6 Å². The first kappa shape index (κ1) is 22.9. The molecule has 0 radical (unpaired) electrons. The van der Waals surface area contributed by atoms with E-state index in [1.165, 1.54) is 36.0 Å². The molecular formula is C25H25FN6O3. The highest BCUT2D eigenvalue weighted by molar-refractivity contribution is 5.77. The van der Waals surface area contributed by atoms with Crippen LogP contribution in [0.25, 0.3) is 28.1 Å². The zero-order valence-corrected chi connectivity index (χ0v) is 19.2. The van der Waals surface area contributed by atoms with Gasteiger partial charge in [-0.2, -0.15) is 0 Å². The number of hydrogen-bond donors (Lipinski definition) is 1. The molecule has 4 aromatic rings. The maximum Gasteiger partial charge on any atom is 0.335 e. The van der Waals surface area contributed by atoms with E-state index >= 15 is 0 Å². The van der Waals surface area contributed by atoms with E-state index in [1.54, 1.807) is 6.07 Å². The predicted molar refractivity (Wildman–Crippen MR) is 130 cm³/mol. The Kier molecular flexibility index (Phi) is 6.14. The van der Waals surface area contributed by atoms with Gasteiger partial charge in [-0.25, -0.2) is 19.2 Å². The van der Waals surface area contributed by atoms with Crippen LogP contribution >= 0.6 is 0 Å². The summed E-state index contributed by atoms with van der Waals surface area (Å²) in [4.78, 5) is 36.8. The van der Waals surface area contributed by atoms with E-state index in [4.69, 9.17) is 10.5 Å². The Hall–Kier alpha value is -3.89. The molecule has 1 atom stereocenters. The van der Waals surface area contributed by atoms with E-state index < -0.39 is 17.1 Å². The van der Waals surface area contributed by atoms with Crippen molar-refractivity contribution in [3.05, 3.63) is 81.4 Å². The molecule has 3 heterocycles. The quantitative estimate of drug-likeness (QED) is 0.451. The molecule has 9 nitrogen and oxygen atoms in total. The SMILES string of the molecule is Cn1c(=O)c2nc(-c3ccc(OCCN4CCC(N)C4)cc3)ncc2n(-c2cccc(F)c2)c1=O. The van der Waals surface area contributed by atoms with Crippen molar-refractivity contribution in [3.8, 4) is 22.8 Å². The van der Waals surface area contributed by atoms with E-state index in [0.29, 0.717) is 23.7 Å². The van der Waals surface area contributed by atoms with Crippen molar-refractivity contribution < 1.29 is 9.13 Å². The van der Waals surface area contributed by atoms with Crippen molar-refractivity contribution in [2.75, 3.05) is 26.2 Å². The average Bonchev–Trinajstić information content (AvgIpc) is 3.28. The van der Waals surface area contributed by atoms with Crippen LogP contribution in [0.2, 0.25) is 0 Å². The molecule has 180 valence electrons. The molecule has 35 heavy (non-hydrogen) atoms. The summed E-state index contributed by atoms with van der Waals surface area (Å²) in [5, 5.41) is 0. The smallest absolute Gasteiger partial charge is 0.335 e. The zero-order chi connectivity index (χ0) is 24.5. The standard InChI is InChI=1S/C25H25FN6O3/c1-30-24(33)22-21(32(25(30)34)19-4-2-3-17(26)13-19)14-28-23(29-22)16-5-7-20(8-6-16)35-12-11-31-10-9-18(27)15-31/h2-8,13-14,18H,9-12,15,27H2,1H3. The summed E-state index contributed by atoms with van der Waals surface area (Å²) in [5.74, 6) is 0.547. The number of nitrogens with zero attached hydrogens (tertiary/aromatic N) is 5. The lowest BCUT2D eigenvalue weighted by Gasteiger charge is -2.15. The number of aromatic nitrogens is 4. The van der Waals surface area contributed by atoms with Crippen LogP contribution in [0.1, 0.15) is 6.42 Å². The molecule has 1 aliphatic rings. The number of nitrogens with two attached hydrogens (primary N) is 1. The summed E-state index contributed by atoms with van der Waals surface area (Å²) in [5.41, 5.74) is 6.01. The summed E-state index contributed by atoms with van der Waals surface area (Å²) in [7, 11) is 1.36. The minimum atomic E-state index is -0.609. The van der Waals surface area contributed by atoms with Crippen LogP contribution in [0.4, 0.5) is 4.39 Å². The molecule has 0 amide bonds. The summed E-state index contributed by atoms with van der Waals surface area (Å²) in [6.07, 6.45) is 2.43. The van der Waals surface area contributed by atoms with Crippen molar-refractivity contribution >= 4 is 11.0 Å². The van der Waals surface area contributed by atoms with Gasteiger partial charge >= 0.3 is 5.69 Å². The Labute approximate surface area is 200 Å². The topological polar surface area (TPSA) is 108 Å². The second-order valence-corrected chi connectivity index (χ2v) is 8.61. The lowest BCUT2D eigenvalue weighted by molar-refractivity contribution is 0.236. The second kappa shape index (κ2) is 9.40. The lowest BCUT2D eigenvalue weighted by atomic mass is 10.2. The molecule has 2 aromatic carbocycles. The van der Waals surface area contributed by atoms with E-state index in [9.17, 15) is 14.0 Å². The fourth-order valence-electron chi connectivity index (χ4n) is 4.26. The van der Waals surface area contributed by atoms with E-state index in [1.807, 2.05) is 24.3 Å². The van der Waals surface area contributed by atoms with Gasteiger partial charge in [-0.3, -0.25) is 18.8 Å². The highest BCUT2D eigenvalue weighted by Crippen LogP contribution is 2.21. The van der Waals surface area contributed by atoms with Crippen molar-refractivity contribution in [3.63, 3.8) is 0 Å². The van der Waals surface area contributed by atoms with Crippen molar-refractivity contribution in [2.24, 2.45) is 12.8 Å². The minimum absolute atomic E-state index is 0.0607. The van der Waals surface area contributed by atoms with Gasteiger partial charge in [0.05, 0.1) is 11.9 Å². The third-order valence-electron chi connectivity index (χ3n) is 6.16. The normalized spacial score (nSPS) is 16.1. The third kappa shape index (κ3) is 4.58. The van der Waals surface area contributed by atoms with Crippen LogP contribution in [0.5, 0.6) is 5.75 Å². The van der Waals surface area contributed by atoms with Gasteiger partial charge in [-0.05, 0) is 55.4 Å². The molecule has 2 N–H and O–H groups in total. The summed E-state index contributed by atoms with van der Waals surface area (Å²) in [6, 6.07) is 13.1. The largest absolute Gasteiger partial charge is 0.492 e. The first-order valence-corrected chi connectivity index (χ1v) is 11.4. The van der Waals surface area contributed by atoms with Gasteiger partial charge in [0.15, 0.2) is 11.3 Å². The zero-order valence-electron chi connectivity index (χ0n) is 19.2. The summed E-state index contributed by atoms with van der Waals surface area (Å²) < 4.78 is 21.8. The molecule has 2 aromatic heterocycles. The van der Waals surface area contributed by atoms with Gasteiger partial charge in [0.1, 0.15) is 23.7 Å². The number of ether oxygens (including phenoxy) is 1. The first-order chi connectivity index (χ1) is 16.9. The van der Waals surface area contributed by atoms with E-state index in [-0.39, 0.29) is 22.8 Å². The van der Waals surface area contributed by atoms with Gasteiger partial charge < -0.3 is 10.5 Å². The van der Waals surface area contributed by atoms with Crippen LogP contribution < -0.4 is 21.7 Å². The van der Waals surface area contributed by atoms with Gasteiger partial charge in [-0.1, -0.05) is 6.07 Å². The Morgan fingerprint density at radius 2 is 1.97 bits per heavy atom. The number of hydrogen-bond acceptors (Lipinski definition) is 7. The second-order valence-electron chi connectivity index (χ2n) is 8.61. The molecule has 0 spiro atoms. The Balaban J connectivity index is 1.42. The Bertz CT molecular complexity index is 1500. The van der Waals surface area contributed by atoms with Crippen molar-refractivity contribution in [1.29, 1.82) is 0 Å². The number of benzene rings is 2. The van der Waals surface area contributed by atoms with Gasteiger partial charge in [-0.15, -0.1) is 0 Å². The van der Waals surface area contributed by atoms with Crippen LogP contribution in [0.3, 0.4) is 0 Å². The van der Waals surface area contributed by atoms with Crippen LogP contribution in [-0.2, 0) is 7.05 Å². The highest BCUT2D eigenvalue weighted by Gasteiger charge is 2.19. The highest BCUT2D eigenvalue weighted by atomic mass is 19.1. The lowest BCUT2D eigenvalue weighted by Crippen LogP contribution is -2.38. The molecule has 10 heteroatoms. The first-order valence-electron chi connectivity index (χ1n) is 11.4. The number of rotatable bonds is 6. The maximum absolute atomic E-state index is 13.8. The molecule has 1 saturated heterocycles. The third-order valence-corrected chi connectivity index (χ3v) is 6.16. The number of halogens is 1. The Morgan fingerprint density at radius 3 is 2.69 bits per heavy atom. The van der Waals surface area contributed by atoms with Crippen molar-refractivity contribution in [2.45, 2.75) is 12.5 Å². The predicted octanol–water partition coefficient (Wildman–Crippen LogP) is 1.70. The molecule has 1 aliphatic heterocycles. The Morgan fingerprint density at radius 1 is 1.17 bits per heavy atom. The van der Waals surface area contributed by atoms with Gasteiger partial charge in [0.25, 0.3) is 5.56 Å². The monoisotopic (exact) mass is 476 g/mol. The number of likely N-dealkylation sites (tertiary alicyclic amines) is 1. The van der Waals surface area contributed by atoms with Crippen LogP contribution in [-0.4, -0.2) is 56.3 Å². The van der Waals surface area contributed by atoms with Gasteiger partial charge in [0.2, 0.25) is 0 Å². The molecule has 0 bridgehead atoms. The molecule has 0 aliphatic carbocycles. The molecular weight excluding hydrogens is 451 g/mol. The average molecular weight is 477 g/mol. The fourth-order valence-corrected chi connectivity index (χ4v) is 4.26. The van der Waals surface area contributed by atoms with Crippen molar-refractivity contribution in [1.82, 2.24) is 24.0 Å². The molecule has 1 fully saturated rings. The maximum atomic E-state index is 13.8. The number of fused-ring (bicyclic) bond motifs is 1. The van der Waals surface area contributed by atoms with Gasteiger partial charge in [0, 0.05) is 31.7 Å². The fraction of sp³-hybridized carbons (Fsp3) is 0.280. The van der Waals surface area contributed by atoms with Crippen LogP contribution in [0.15, 0.2) is 64.3 Å². The van der Waals surface area contributed by atoms with Crippen LogP contribution in [0, 0.1) is 5.82 Å². The summed E-state index contributed by atoms with van der Waals surface area (Å²) >= 11 is 0.